The summed E-state index contributed by atoms with van der Waals surface area (Å²) in [4.78, 5) is -0.775. The Kier molecular flexibility index (Phi) is 4.72. The lowest BCUT2D eigenvalue weighted by Gasteiger charge is -2.12. The van der Waals surface area contributed by atoms with Crippen molar-refractivity contribution in [3.63, 3.8) is 0 Å². The third-order valence-electron chi connectivity index (χ3n) is 2.90. The van der Waals surface area contributed by atoms with Crippen LogP contribution in [0.3, 0.4) is 0 Å². The largest absolute Gasteiger partial charge is 0.387 e. The van der Waals surface area contributed by atoms with Crippen LogP contribution in [0.4, 0.5) is 8.78 Å². The number of hydrogen-bond donors (Lipinski definition) is 2. The van der Waals surface area contributed by atoms with Crippen LogP contribution in [-0.4, -0.2) is 20.1 Å². The van der Waals surface area contributed by atoms with E-state index >= 15 is 0 Å². The van der Waals surface area contributed by atoms with E-state index in [1.165, 1.54) is 18.3 Å². The van der Waals surface area contributed by atoms with Gasteiger partial charge in [0.15, 0.2) is 0 Å². The van der Waals surface area contributed by atoms with Gasteiger partial charge in [0.05, 0.1) is 6.10 Å². The number of aryl methyl sites for hydroxylation is 1. The van der Waals surface area contributed by atoms with Gasteiger partial charge >= 0.3 is 0 Å². The molecule has 0 aliphatic rings. The molecule has 0 aliphatic carbocycles. The lowest BCUT2D eigenvalue weighted by Crippen LogP contribution is -2.29. The first-order chi connectivity index (χ1) is 9.81. The Balaban J connectivity index is 2.17. The van der Waals surface area contributed by atoms with E-state index < -0.39 is 32.7 Å². The summed E-state index contributed by atoms with van der Waals surface area (Å²) in [6.07, 6.45) is -1.05. The quantitative estimate of drug-likeness (QED) is 0.883. The molecule has 21 heavy (non-hydrogen) atoms. The number of hydrogen-bond acceptors (Lipinski definition) is 4. The average molecular weight is 333 g/mol. The smallest absolute Gasteiger partial charge is 0.243 e. The molecule has 2 N–H and O–H groups in total. The molecule has 8 heteroatoms. The second-order valence-corrected chi connectivity index (χ2v) is 6.97. The molecule has 0 bridgehead atoms. The molecular formula is C13H13F2NO3S2. The van der Waals surface area contributed by atoms with E-state index in [1.54, 1.807) is 16.8 Å². The SMILES string of the molecule is Cc1cc(F)c(S(=O)(=O)NCC(O)c2ccsc2)cc1F. The van der Waals surface area contributed by atoms with Gasteiger partial charge in [-0.3, -0.25) is 0 Å². The summed E-state index contributed by atoms with van der Waals surface area (Å²) in [7, 11) is -4.24. The van der Waals surface area contributed by atoms with Crippen LogP contribution in [0.25, 0.3) is 0 Å². The van der Waals surface area contributed by atoms with Crippen molar-refractivity contribution >= 4 is 21.4 Å². The van der Waals surface area contributed by atoms with E-state index in [0.717, 1.165) is 6.07 Å². The topological polar surface area (TPSA) is 66.4 Å². The minimum Gasteiger partial charge on any atom is -0.387 e. The summed E-state index contributed by atoms with van der Waals surface area (Å²) < 4.78 is 53.1. The van der Waals surface area contributed by atoms with Crippen molar-refractivity contribution in [2.75, 3.05) is 6.54 Å². The lowest BCUT2D eigenvalue weighted by atomic mass is 10.2. The van der Waals surface area contributed by atoms with Crippen molar-refractivity contribution in [1.29, 1.82) is 0 Å². The van der Waals surface area contributed by atoms with Crippen LogP contribution in [0.2, 0.25) is 0 Å². The molecular weight excluding hydrogens is 320 g/mol. The zero-order valence-corrected chi connectivity index (χ0v) is 12.6. The van der Waals surface area contributed by atoms with E-state index in [4.69, 9.17) is 0 Å². The summed E-state index contributed by atoms with van der Waals surface area (Å²) in [5, 5.41) is 13.2. The highest BCUT2D eigenvalue weighted by atomic mass is 32.2. The Morgan fingerprint density at radius 3 is 2.67 bits per heavy atom. The molecule has 0 radical (unpaired) electrons. The maximum absolute atomic E-state index is 13.7. The average Bonchev–Trinajstić information content (AvgIpc) is 2.94. The predicted octanol–water partition coefficient (Wildman–Crippen LogP) is 2.35. The van der Waals surface area contributed by atoms with Crippen molar-refractivity contribution in [3.05, 3.63) is 51.7 Å². The number of aliphatic hydroxyl groups is 1. The highest BCUT2D eigenvalue weighted by molar-refractivity contribution is 7.89. The highest BCUT2D eigenvalue weighted by Crippen LogP contribution is 2.20. The van der Waals surface area contributed by atoms with Crippen LogP contribution in [0, 0.1) is 18.6 Å². The minimum absolute atomic E-state index is 0.0183. The van der Waals surface area contributed by atoms with Crippen LogP contribution < -0.4 is 4.72 Å². The molecule has 4 nitrogen and oxygen atoms in total. The third-order valence-corrected chi connectivity index (χ3v) is 5.04. The molecule has 0 amide bonds. The van der Waals surface area contributed by atoms with Gasteiger partial charge in [-0.1, -0.05) is 0 Å². The predicted molar refractivity (Wildman–Crippen MR) is 75.6 cm³/mol. The van der Waals surface area contributed by atoms with Gasteiger partial charge in [-0.15, -0.1) is 0 Å². The Bertz CT molecular complexity index is 730. The van der Waals surface area contributed by atoms with Gasteiger partial charge in [-0.2, -0.15) is 11.3 Å². The maximum atomic E-state index is 13.7. The number of nitrogens with one attached hydrogen (secondary N) is 1. The van der Waals surface area contributed by atoms with E-state index in [1.807, 2.05) is 0 Å². The number of thiophene rings is 1. The van der Waals surface area contributed by atoms with Crippen molar-refractivity contribution in [2.24, 2.45) is 0 Å². The molecule has 0 spiro atoms. The third kappa shape index (κ3) is 3.65. The van der Waals surface area contributed by atoms with Gasteiger partial charge in [0, 0.05) is 6.54 Å². The molecule has 2 aromatic rings. The van der Waals surface area contributed by atoms with Gasteiger partial charge in [0.2, 0.25) is 10.0 Å². The zero-order chi connectivity index (χ0) is 15.6. The number of benzene rings is 1. The fraction of sp³-hybridized carbons (Fsp3) is 0.231. The summed E-state index contributed by atoms with van der Waals surface area (Å²) in [6, 6.07) is 3.10. The van der Waals surface area contributed by atoms with Crippen molar-refractivity contribution < 1.29 is 22.3 Å². The van der Waals surface area contributed by atoms with Crippen LogP contribution in [0.15, 0.2) is 33.9 Å². The number of sulfonamides is 1. The van der Waals surface area contributed by atoms with E-state index in [9.17, 15) is 22.3 Å². The number of halogens is 2. The molecule has 1 atom stereocenters. The molecule has 0 fully saturated rings. The standard InChI is InChI=1S/C13H13F2NO3S2/c1-8-4-11(15)13(5-10(8)14)21(18,19)16-6-12(17)9-2-3-20-7-9/h2-5,7,12,16-17H,6H2,1H3. The van der Waals surface area contributed by atoms with Gasteiger partial charge in [-0.05, 0) is 47.0 Å². The Hall–Kier alpha value is -1.35. The molecule has 1 unspecified atom stereocenters. The second-order valence-electron chi connectivity index (χ2n) is 4.46. The second kappa shape index (κ2) is 6.18. The molecule has 0 aliphatic heterocycles. The van der Waals surface area contributed by atoms with Crippen LogP contribution in [0.1, 0.15) is 17.2 Å². The minimum atomic E-state index is -4.24. The fourth-order valence-corrected chi connectivity index (χ4v) is 3.50. The van der Waals surface area contributed by atoms with Crippen molar-refractivity contribution in [3.8, 4) is 0 Å². The maximum Gasteiger partial charge on any atom is 0.243 e. The van der Waals surface area contributed by atoms with Gasteiger partial charge in [0.25, 0.3) is 0 Å². The normalized spacial score (nSPS) is 13.3. The monoisotopic (exact) mass is 333 g/mol. The molecule has 0 saturated heterocycles. The molecule has 114 valence electrons. The molecule has 0 saturated carbocycles. The van der Waals surface area contributed by atoms with E-state index in [-0.39, 0.29) is 12.1 Å². The van der Waals surface area contributed by atoms with Gasteiger partial charge in [0.1, 0.15) is 16.5 Å². The summed E-state index contributed by atoms with van der Waals surface area (Å²) in [5.74, 6) is -1.85. The number of aliphatic hydroxyl groups excluding tert-OH is 1. The summed E-state index contributed by atoms with van der Waals surface area (Å²) >= 11 is 1.36. The van der Waals surface area contributed by atoms with E-state index in [2.05, 4.69) is 4.72 Å². The molecule has 1 aromatic carbocycles. The fourth-order valence-electron chi connectivity index (χ4n) is 1.68. The summed E-state index contributed by atoms with van der Waals surface area (Å²) in [5.41, 5.74) is 0.572. The zero-order valence-electron chi connectivity index (χ0n) is 11.0. The molecule has 2 rings (SSSR count). The first kappa shape index (κ1) is 16.0. The van der Waals surface area contributed by atoms with Crippen molar-refractivity contribution in [1.82, 2.24) is 4.72 Å². The highest BCUT2D eigenvalue weighted by Gasteiger charge is 2.22. The lowest BCUT2D eigenvalue weighted by molar-refractivity contribution is 0.182. The number of rotatable bonds is 5. The van der Waals surface area contributed by atoms with E-state index in [0.29, 0.717) is 11.6 Å². The summed E-state index contributed by atoms with van der Waals surface area (Å²) in [6.45, 7) is 1.01. The Morgan fingerprint density at radius 2 is 2.05 bits per heavy atom. The van der Waals surface area contributed by atoms with Gasteiger partial charge in [-0.25, -0.2) is 21.9 Å². The first-order valence-corrected chi connectivity index (χ1v) is 8.39. The van der Waals surface area contributed by atoms with Crippen LogP contribution in [-0.2, 0) is 10.0 Å². The first-order valence-electron chi connectivity index (χ1n) is 5.97. The van der Waals surface area contributed by atoms with Crippen LogP contribution >= 0.6 is 11.3 Å². The molecule has 1 aromatic heterocycles. The van der Waals surface area contributed by atoms with Crippen molar-refractivity contribution in [2.45, 2.75) is 17.9 Å². The Labute approximate surface area is 125 Å². The van der Waals surface area contributed by atoms with Gasteiger partial charge < -0.3 is 5.11 Å². The van der Waals surface area contributed by atoms with Crippen LogP contribution in [0.5, 0.6) is 0 Å². The Morgan fingerprint density at radius 1 is 1.33 bits per heavy atom. The molecule has 1 heterocycles.